The first-order valence-electron chi connectivity index (χ1n) is 15.4. The second-order valence-electron chi connectivity index (χ2n) is 11.5. The molecule has 1 aromatic carbocycles. The number of ketones is 1. The number of rotatable bonds is 12. The average molecular weight is 558 g/mol. The summed E-state index contributed by atoms with van der Waals surface area (Å²) in [5.41, 5.74) is 1.55. The molecule has 7 heteroatoms. The number of hydrogen-bond acceptors (Lipinski definition) is 6. The quantitative estimate of drug-likeness (QED) is 0.129. The lowest BCUT2D eigenvalue weighted by Gasteiger charge is -2.57. The highest BCUT2D eigenvalue weighted by atomic mass is 16.5. The minimum atomic E-state index is -0.141. The number of carbonyl (C=O) groups excluding carboxylic acids is 4. The van der Waals surface area contributed by atoms with Crippen LogP contribution in [0.1, 0.15) is 126 Å². The number of nitrogens with one attached hydrogen (secondary N) is 1. The highest BCUT2D eigenvalue weighted by Gasteiger charge is 2.52. The number of ether oxygens (including phenoxy) is 2. The molecular weight excluding hydrogens is 506 g/mol. The molecule has 4 rings (SSSR count). The maximum Gasteiger partial charge on any atom is 0.229 e. The van der Waals surface area contributed by atoms with E-state index < -0.39 is 0 Å². The van der Waals surface area contributed by atoms with Crippen molar-refractivity contribution in [3.05, 3.63) is 29.3 Å². The van der Waals surface area contributed by atoms with Gasteiger partial charge in [0.15, 0.2) is 12.1 Å². The molecule has 2 unspecified atom stereocenters. The third-order valence-corrected chi connectivity index (χ3v) is 8.49. The van der Waals surface area contributed by atoms with Gasteiger partial charge in [-0.2, -0.15) is 0 Å². The fraction of sp³-hybridized carbons (Fsp3) is 0.697. The van der Waals surface area contributed by atoms with Gasteiger partial charge in [0, 0.05) is 36.0 Å². The Morgan fingerprint density at radius 2 is 1.77 bits per heavy atom. The smallest absolute Gasteiger partial charge is 0.229 e. The predicted octanol–water partition coefficient (Wildman–Crippen LogP) is 6.96. The number of carbonyl (C=O) groups is 4. The molecule has 3 aliphatic rings. The van der Waals surface area contributed by atoms with E-state index in [2.05, 4.69) is 12.2 Å². The molecule has 1 aromatic rings. The summed E-state index contributed by atoms with van der Waals surface area (Å²) in [6.45, 7) is 13.4. The van der Waals surface area contributed by atoms with Crippen LogP contribution in [0, 0.1) is 23.2 Å². The minimum absolute atomic E-state index is 0.0164. The molecule has 1 N–H and O–H groups in total. The molecule has 2 atom stereocenters. The van der Waals surface area contributed by atoms with Gasteiger partial charge in [-0.1, -0.05) is 48.0 Å². The molecule has 224 valence electrons. The van der Waals surface area contributed by atoms with Crippen molar-refractivity contribution in [3.63, 3.8) is 0 Å². The Hall–Kier alpha value is -2.54. The summed E-state index contributed by atoms with van der Waals surface area (Å²) >= 11 is 0. The van der Waals surface area contributed by atoms with E-state index in [1.807, 2.05) is 34.6 Å². The number of amides is 2. The van der Waals surface area contributed by atoms with Crippen LogP contribution in [0.5, 0.6) is 5.75 Å². The summed E-state index contributed by atoms with van der Waals surface area (Å²) in [5.74, 6) is 1.29. The molecule has 1 saturated heterocycles. The Bertz CT molecular complexity index is 975. The van der Waals surface area contributed by atoms with Crippen LogP contribution in [-0.4, -0.2) is 43.2 Å². The number of benzene rings is 1. The minimum Gasteiger partial charge on any atom is -0.494 e. The van der Waals surface area contributed by atoms with Gasteiger partial charge in [-0.05, 0) is 80.9 Å². The van der Waals surface area contributed by atoms with Gasteiger partial charge >= 0.3 is 0 Å². The molecule has 40 heavy (non-hydrogen) atoms. The molecule has 2 saturated carbocycles. The molecule has 1 spiro atoms. The summed E-state index contributed by atoms with van der Waals surface area (Å²) in [7, 11) is 0. The second-order valence-corrected chi connectivity index (χ2v) is 11.5. The fourth-order valence-electron chi connectivity index (χ4n) is 5.66. The molecule has 3 fully saturated rings. The lowest BCUT2D eigenvalue weighted by atomic mass is 9.50. The molecule has 1 heterocycles. The van der Waals surface area contributed by atoms with Crippen LogP contribution < -0.4 is 10.1 Å². The van der Waals surface area contributed by atoms with Gasteiger partial charge in [0.05, 0.1) is 12.7 Å². The third-order valence-electron chi connectivity index (χ3n) is 8.49. The molecule has 2 amide bonds. The highest BCUT2D eigenvalue weighted by Crippen LogP contribution is 2.60. The number of hydrogen-bond donors (Lipinski definition) is 1. The van der Waals surface area contributed by atoms with Crippen molar-refractivity contribution in [2.45, 2.75) is 112 Å². The van der Waals surface area contributed by atoms with E-state index >= 15 is 0 Å². The summed E-state index contributed by atoms with van der Waals surface area (Å²) in [4.78, 5) is 44.9. The summed E-state index contributed by atoms with van der Waals surface area (Å²) in [6.07, 6.45) is 11.8. The molecular formula is C33H51NO6. The number of unbranched alkanes of at least 4 members (excludes halogenated alkanes) is 1. The topological polar surface area (TPSA) is 98.8 Å². The van der Waals surface area contributed by atoms with Crippen molar-refractivity contribution in [2.24, 2.45) is 23.2 Å². The standard InChI is InChI=1S/C25H36O4.C6H9NO2.C2H6/c1-4-18(3)24(27)23-9-8-21(12-20(23)17-26)28-10-6-7-11-29-22-15-25(16-22)13-19(5-2)14-25;1-4-2-3-5(8)7-6(4)9;1-2/h8-9,12,17-19,22H,4-7,10-11,13-16H2,1-3H3;4H,2-3H2,1H3,(H,7,8,9);1-2H3. The van der Waals surface area contributed by atoms with Crippen LogP contribution in [0.25, 0.3) is 0 Å². The van der Waals surface area contributed by atoms with Crippen molar-refractivity contribution in [1.82, 2.24) is 5.32 Å². The van der Waals surface area contributed by atoms with Crippen molar-refractivity contribution < 1.29 is 28.7 Å². The normalized spacial score (nSPS) is 25.6. The van der Waals surface area contributed by atoms with Crippen molar-refractivity contribution >= 4 is 23.9 Å². The van der Waals surface area contributed by atoms with Gasteiger partial charge in [0.2, 0.25) is 11.8 Å². The Morgan fingerprint density at radius 1 is 1.10 bits per heavy atom. The predicted molar refractivity (Wildman–Crippen MR) is 158 cm³/mol. The van der Waals surface area contributed by atoms with Crippen LogP contribution >= 0.6 is 0 Å². The highest BCUT2D eigenvalue weighted by molar-refractivity contribution is 6.04. The zero-order valence-electron chi connectivity index (χ0n) is 25.6. The van der Waals surface area contributed by atoms with Crippen LogP contribution in [-0.2, 0) is 14.3 Å². The van der Waals surface area contributed by atoms with Gasteiger partial charge in [0.25, 0.3) is 0 Å². The van der Waals surface area contributed by atoms with Crippen LogP contribution in [0.2, 0.25) is 0 Å². The van der Waals surface area contributed by atoms with Crippen molar-refractivity contribution in [1.29, 1.82) is 0 Å². The van der Waals surface area contributed by atoms with Gasteiger partial charge in [-0.15, -0.1) is 0 Å². The van der Waals surface area contributed by atoms with Gasteiger partial charge < -0.3 is 9.47 Å². The average Bonchev–Trinajstić information content (AvgIpc) is 2.93. The Labute approximate surface area is 241 Å². The van der Waals surface area contributed by atoms with E-state index in [9.17, 15) is 19.2 Å². The number of aldehydes is 1. The largest absolute Gasteiger partial charge is 0.494 e. The van der Waals surface area contributed by atoms with E-state index in [0.29, 0.717) is 47.8 Å². The third kappa shape index (κ3) is 9.53. The molecule has 1 aliphatic heterocycles. The second kappa shape index (κ2) is 16.7. The first-order valence-corrected chi connectivity index (χ1v) is 15.4. The zero-order chi connectivity index (χ0) is 29.7. The zero-order valence-corrected chi connectivity index (χ0v) is 25.6. The van der Waals surface area contributed by atoms with Gasteiger partial charge in [-0.25, -0.2) is 0 Å². The lowest BCUT2D eigenvalue weighted by Crippen LogP contribution is -2.50. The Kier molecular flexibility index (Phi) is 14.0. The summed E-state index contributed by atoms with van der Waals surface area (Å²) in [5, 5.41) is 2.25. The van der Waals surface area contributed by atoms with Gasteiger partial charge in [-0.3, -0.25) is 24.5 Å². The number of Topliss-reactive ketones (excluding diaryl/α,β-unsaturated/α-hetero) is 1. The van der Waals surface area contributed by atoms with Crippen LogP contribution in [0.4, 0.5) is 0 Å². The van der Waals surface area contributed by atoms with E-state index in [0.717, 1.165) is 38.1 Å². The molecule has 7 nitrogen and oxygen atoms in total. The first-order chi connectivity index (χ1) is 19.2. The SMILES string of the molecule is CC.CC1CCC(=O)NC1=O.CCC1CC2(C1)CC(OCCCCOc1ccc(C(=O)C(C)CC)c(C=O)c1)C2. The van der Waals surface area contributed by atoms with E-state index in [4.69, 9.17) is 9.47 Å². The fourth-order valence-corrected chi connectivity index (χ4v) is 5.66. The molecule has 0 aromatic heterocycles. The Balaban J connectivity index is 0.000000428. The monoisotopic (exact) mass is 557 g/mol. The van der Waals surface area contributed by atoms with Crippen LogP contribution in [0.3, 0.4) is 0 Å². The molecule has 0 bridgehead atoms. The lowest BCUT2D eigenvalue weighted by molar-refractivity contribution is -0.139. The van der Waals surface area contributed by atoms with E-state index in [-0.39, 0.29) is 29.4 Å². The van der Waals surface area contributed by atoms with Crippen molar-refractivity contribution in [3.8, 4) is 5.75 Å². The molecule has 0 radical (unpaired) electrons. The van der Waals surface area contributed by atoms with E-state index in [1.54, 1.807) is 18.2 Å². The maximum absolute atomic E-state index is 12.4. The molecule has 2 aliphatic carbocycles. The number of imide groups is 1. The summed E-state index contributed by atoms with van der Waals surface area (Å²) < 4.78 is 11.8. The number of piperidine rings is 1. The van der Waals surface area contributed by atoms with Crippen LogP contribution in [0.15, 0.2) is 18.2 Å². The first kappa shape index (κ1) is 33.7. The van der Waals surface area contributed by atoms with Crippen molar-refractivity contribution in [2.75, 3.05) is 13.2 Å². The van der Waals surface area contributed by atoms with Gasteiger partial charge in [0.1, 0.15) is 5.75 Å². The Morgan fingerprint density at radius 3 is 2.35 bits per heavy atom. The van der Waals surface area contributed by atoms with E-state index in [1.165, 1.54) is 32.1 Å². The maximum atomic E-state index is 12.4. The summed E-state index contributed by atoms with van der Waals surface area (Å²) in [6, 6.07) is 5.18.